The van der Waals surface area contributed by atoms with Gasteiger partial charge in [-0.3, -0.25) is 0 Å². The molecular formula is C9H15ClO4S2. The lowest BCUT2D eigenvalue weighted by Gasteiger charge is -2.22. The first-order valence-corrected chi connectivity index (χ1v) is 9.27. The van der Waals surface area contributed by atoms with E-state index in [1.807, 2.05) is 0 Å². The van der Waals surface area contributed by atoms with E-state index in [9.17, 15) is 16.8 Å². The van der Waals surface area contributed by atoms with E-state index in [1.165, 1.54) is 0 Å². The molecule has 0 amide bonds. The van der Waals surface area contributed by atoms with Gasteiger partial charge in [-0.15, -0.1) is 0 Å². The quantitative estimate of drug-likeness (QED) is 0.577. The molecule has 1 fully saturated rings. The monoisotopic (exact) mass is 286 g/mol. The van der Waals surface area contributed by atoms with Crippen molar-refractivity contribution in [3.63, 3.8) is 0 Å². The van der Waals surface area contributed by atoms with E-state index in [1.54, 1.807) is 0 Å². The van der Waals surface area contributed by atoms with E-state index >= 15 is 0 Å². The fraction of sp³-hybridized carbons (Fsp3) is 0.778. The summed E-state index contributed by atoms with van der Waals surface area (Å²) < 4.78 is 43.9. The molecule has 0 radical (unpaired) electrons. The zero-order valence-electron chi connectivity index (χ0n) is 8.85. The van der Waals surface area contributed by atoms with Crippen molar-refractivity contribution in [3.8, 4) is 0 Å². The summed E-state index contributed by atoms with van der Waals surface area (Å²) in [7, 11) is -1.30. The fourth-order valence-corrected chi connectivity index (χ4v) is 4.51. The minimum Gasteiger partial charge on any atom is -0.229 e. The predicted molar refractivity (Wildman–Crippen MR) is 64.8 cm³/mol. The van der Waals surface area contributed by atoms with Crippen LogP contribution in [-0.2, 0) is 18.9 Å². The molecule has 0 atom stereocenters. The summed E-state index contributed by atoms with van der Waals surface area (Å²) in [4.78, 5) is 0. The largest absolute Gasteiger partial charge is 0.236 e. The molecule has 1 saturated heterocycles. The van der Waals surface area contributed by atoms with Crippen LogP contribution < -0.4 is 0 Å². The van der Waals surface area contributed by atoms with Crippen LogP contribution in [0.15, 0.2) is 12.2 Å². The lowest BCUT2D eigenvalue weighted by atomic mass is 9.95. The lowest BCUT2D eigenvalue weighted by molar-refractivity contribution is 0.462. The van der Waals surface area contributed by atoms with Gasteiger partial charge in [0.25, 0.3) is 0 Å². The number of hydrogen-bond donors (Lipinski definition) is 0. The Labute approximate surface area is 101 Å². The fourth-order valence-electron chi connectivity index (χ4n) is 1.85. The van der Waals surface area contributed by atoms with E-state index in [4.69, 9.17) is 10.7 Å². The van der Waals surface area contributed by atoms with Crippen molar-refractivity contribution in [2.45, 2.75) is 19.3 Å². The van der Waals surface area contributed by atoms with E-state index < -0.39 is 18.9 Å². The SMILES string of the molecule is C=C(CC1CCS(=O)(=O)CC1)CS(=O)(=O)Cl. The second-order valence-electron chi connectivity index (χ2n) is 4.23. The molecule has 0 aromatic carbocycles. The molecule has 94 valence electrons. The first-order valence-electron chi connectivity index (χ1n) is 4.97. The van der Waals surface area contributed by atoms with Gasteiger partial charge < -0.3 is 0 Å². The van der Waals surface area contributed by atoms with Crippen molar-refractivity contribution in [1.82, 2.24) is 0 Å². The van der Waals surface area contributed by atoms with E-state index in [2.05, 4.69) is 6.58 Å². The molecule has 7 heteroatoms. The Morgan fingerprint density at radius 1 is 1.31 bits per heavy atom. The summed E-state index contributed by atoms with van der Waals surface area (Å²) in [5.74, 6) is 0.379. The number of rotatable bonds is 4. The van der Waals surface area contributed by atoms with E-state index in [-0.39, 0.29) is 23.2 Å². The topological polar surface area (TPSA) is 68.3 Å². The van der Waals surface area contributed by atoms with Gasteiger partial charge in [0.05, 0.1) is 17.3 Å². The molecule has 0 aromatic heterocycles. The Kier molecular flexibility index (Phi) is 4.42. The normalized spacial score (nSPS) is 21.8. The number of sulfone groups is 1. The van der Waals surface area contributed by atoms with Crippen LogP contribution in [0.1, 0.15) is 19.3 Å². The summed E-state index contributed by atoms with van der Waals surface area (Å²) in [6.45, 7) is 3.66. The minimum absolute atomic E-state index is 0.193. The van der Waals surface area contributed by atoms with Crippen LogP contribution in [0.5, 0.6) is 0 Å². The highest BCUT2D eigenvalue weighted by Gasteiger charge is 2.24. The molecule has 0 aromatic rings. The summed E-state index contributed by atoms with van der Waals surface area (Å²) in [5.41, 5.74) is 0.555. The summed E-state index contributed by atoms with van der Waals surface area (Å²) in [6, 6.07) is 0. The molecule has 1 heterocycles. The maximum Gasteiger partial charge on any atom is 0.236 e. The van der Waals surface area contributed by atoms with Crippen molar-refractivity contribution in [3.05, 3.63) is 12.2 Å². The highest BCUT2D eigenvalue weighted by Crippen LogP contribution is 2.25. The maximum atomic E-state index is 11.2. The molecule has 4 nitrogen and oxygen atoms in total. The lowest BCUT2D eigenvalue weighted by Crippen LogP contribution is -2.24. The summed E-state index contributed by atoms with van der Waals surface area (Å²) in [6.07, 6.45) is 1.72. The van der Waals surface area contributed by atoms with Gasteiger partial charge in [-0.05, 0) is 25.2 Å². The zero-order chi connectivity index (χ0) is 12.4. The van der Waals surface area contributed by atoms with Crippen LogP contribution in [-0.4, -0.2) is 34.1 Å². The van der Waals surface area contributed by atoms with Gasteiger partial charge in [0.2, 0.25) is 9.05 Å². The van der Waals surface area contributed by atoms with Gasteiger partial charge in [-0.25, -0.2) is 16.8 Å². The summed E-state index contributed by atoms with van der Waals surface area (Å²) >= 11 is 0. The third-order valence-electron chi connectivity index (χ3n) is 2.63. The molecule has 0 bridgehead atoms. The first kappa shape index (κ1) is 14.0. The maximum absolute atomic E-state index is 11.2. The number of halogens is 1. The molecule has 0 spiro atoms. The molecular weight excluding hydrogens is 272 g/mol. The van der Waals surface area contributed by atoms with Gasteiger partial charge in [-0.2, -0.15) is 0 Å². The van der Waals surface area contributed by atoms with Crippen molar-refractivity contribution >= 4 is 29.6 Å². The number of hydrogen-bond acceptors (Lipinski definition) is 4. The molecule has 1 aliphatic heterocycles. The zero-order valence-corrected chi connectivity index (χ0v) is 11.2. The van der Waals surface area contributed by atoms with Gasteiger partial charge in [0, 0.05) is 10.7 Å². The minimum atomic E-state index is -3.54. The summed E-state index contributed by atoms with van der Waals surface area (Å²) in [5, 5.41) is 0. The first-order chi connectivity index (χ1) is 7.18. The highest BCUT2D eigenvalue weighted by atomic mass is 35.7. The second-order valence-corrected chi connectivity index (χ2v) is 9.31. The Morgan fingerprint density at radius 2 is 1.81 bits per heavy atom. The van der Waals surface area contributed by atoms with Gasteiger partial charge in [0.1, 0.15) is 9.84 Å². The molecule has 0 unspecified atom stereocenters. The Morgan fingerprint density at radius 3 is 2.25 bits per heavy atom. The smallest absolute Gasteiger partial charge is 0.229 e. The van der Waals surface area contributed by atoms with Gasteiger partial charge in [0.15, 0.2) is 0 Å². The van der Waals surface area contributed by atoms with Crippen LogP contribution in [0.3, 0.4) is 0 Å². The predicted octanol–water partition coefficient (Wildman–Crippen LogP) is 1.33. The van der Waals surface area contributed by atoms with Crippen molar-refractivity contribution in [1.29, 1.82) is 0 Å². The molecule has 1 aliphatic rings. The van der Waals surface area contributed by atoms with Crippen LogP contribution in [0.4, 0.5) is 0 Å². The molecule has 16 heavy (non-hydrogen) atoms. The van der Waals surface area contributed by atoms with Crippen LogP contribution >= 0.6 is 10.7 Å². The van der Waals surface area contributed by atoms with E-state index in [0.29, 0.717) is 24.8 Å². The van der Waals surface area contributed by atoms with Crippen molar-refractivity contribution < 1.29 is 16.8 Å². The Hall–Kier alpha value is -0.0700. The van der Waals surface area contributed by atoms with Crippen LogP contribution in [0.25, 0.3) is 0 Å². The average Bonchev–Trinajstić information content (AvgIpc) is 2.05. The Bertz CT molecular complexity index is 450. The van der Waals surface area contributed by atoms with E-state index in [0.717, 1.165) is 0 Å². The third-order valence-corrected chi connectivity index (χ3v) is 5.42. The average molecular weight is 287 g/mol. The molecule has 1 rings (SSSR count). The highest BCUT2D eigenvalue weighted by molar-refractivity contribution is 8.13. The second kappa shape index (κ2) is 5.06. The van der Waals surface area contributed by atoms with Crippen LogP contribution in [0.2, 0.25) is 0 Å². The molecule has 0 aliphatic carbocycles. The molecule has 0 saturated carbocycles. The van der Waals surface area contributed by atoms with Crippen molar-refractivity contribution in [2.75, 3.05) is 17.3 Å². The van der Waals surface area contributed by atoms with Gasteiger partial charge >= 0.3 is 0 Å². The standard InChI is InChI=1S/C9H15ClO4S2/c1-8(7-16(10,13)14)6-9-2-4-15(11,12)5-3-9/h9H,1-7H2. The van der Waals surface area contributed by atoms with Crippen LogP contribution in [0, 0.1) is 5.92 Å². The third kappa shape index (κ3) is 5.32. The molecule has 0 N–H and O–H groups in total. The van der Waals surface area contributed by atoms with Crippen molar-refractivity contribution in [2.24, 2.45) is 5.92 Å². The van der Waals surface area contributed by atoms with Gasteiger partial charge in [-0.1, -0.05) is 12.2 Å². The Balaban J connectivity index is 2.43.